The Hall–Kier alpha value is -3.04. The predicted molar refractivity (Wildman–Crippen MR) is 128 cm³/mol. The molecule has 0 unspecified atom stereocenters. The SMILES string of the molecule is O=C(O)CCCCCN1C(=O)C(=Cc2cccc(-c3ccc4c(c3)NC(=O)C4)n2)SC1=S. The smallest absolute Gasteiger partial charge is 0.303 e. The van der Waals surface area contributed by atoms with Crippen LogP contribution in [0.25, 0.3) is 17.3 Å². The zero-order valence-electron chi connectivity index (χ0n) is 17.2. The van der Waals surface area contributed by atoms with E-state index in [9.17, 15) is 14.4 Å². The molecule has 0 saturated carbocycles. The summed E-state index contributed by atoms with van der Waals surface area (Å²) in [6.07, 6.45) is 4.29. The number of nitrogens with zero attached hydrogens (tertiary/aromatic N) is 2. The van der Waals surface area contributed by atoms with Crippen LogP contribution >= 0.6 is 24.0 Å². The fourth-order valence-corrected chi connectivity index (χ4v) is 4.91. The third kappa shape index (κ3) is 5.05. The quantitative estimate of drug-likeness (QED) is 0.343. The monoisotopic (exact) mass is 467 g/mol. The van der Waals surface area contributed by atoms with E-state index in [0.29, 0.717) is 40.7 Å². The zero-order valence-corrected chi connectivity index (χ0v) is 18.8. The molecule has 164 valence electrons. The number of thioether (sulfide) groups is 1. The molecule has 1 fully saturated rings. The van der Waals surface area contributed by atoms with Crippen LogP contribution in [-0.2, 0) is 20.8 Å². The second kappa shape index (κ2) is 9.62. The molecule has 0 spiro atoms. The Bertz CT molecular complexity index is 1150. The summed E-state index contributed by atoms with van der Waals surface area (Å²) < 4.78 is 0.505. The van der Waals surface area contributed by atoms with E-state index >= 15 is 0 Å². The van der Waals surface area contributed by atoms with Gasteiger partial charge in [0.15, 0.2) is 0 Å². The number of benzene rings is 1. The molecular weight excluding hydrogens is 446 g/mol. The summed E-state index contributed by atoms with van der Waals surface area (Å²) in [7, 11) is 0. The van der Waals surface area contributed by atoms with Crippen LogP contribution in [0.5, 0.6) is 0 Å². The molecule has 2 N–H and O–H groups in total. The van der Waals surface area contributed by atoms with Crippen molar-refractivity contribution in [3.8, 4) is 11.3 Å². The second-order valence-electron chi connectivity index (χ2n) is 7.58. The second-order valence-corrected chi connectivity index (χ2v) is 9.26. The Kier molecular flexibility index (Phi) is 6.66. The number of aromatic nitrogens is 1. The van der Waals surface area contributed by atoms with Crippen LogP contribution in [0.2, 0.25) is 0 Å². The number of carboxylic acids is 1. The molecule has 32 heavy (non-hydrogen) atoms. The van der Waals surface area contributed by atoms with E-state index in [2.05, 4.69) is 10.3 Å². The number of fused-ring (bicyclic) bond motifs is 1. The number of nitrogens with one attached hydrogen (secondary N) is 1. The Morgan fingerprint density at radius 1 is 1.22 bits per heavy atom. The number of amides is 2. The number of hydrogen-bond donors (Lipinski definition) is 2. The van der Waals surface area contributed by atoms with Crippen LogP contribution in [0.15, 0.2) is 41.3 Å². The highest BCUT2D eigenvalue weighted by Gasteiger charge is 2.31. The van der Waals surface area contributed by atoms with E-state index in [-0.39, 0.29) is 18.2 Å². The maximum atomic E-state index is 12.8. The van der Waals surface area contributed by atoms with Crippen molar-refractivity contribution in [3.05, 3.63) is 52.6 Å². The largest absolute Gasteiger partial charge is 0.481 e. The first-order chi connectivity index (χ1) is 15.4. The number of carbonyl (C=O) groups excluding carboxylic acids is 2. The third-order valence-corrected chi connectivity index (χ3v) is 6.60. The van der Waals surface area contributed by atoms with Gasteiger partial charge in [-0.05, 0) is 42.7 Å². The minimum atomic E-state index is -0.807. The molecule has 7 nitrogen and oxygen atoms in total. The Morgan fingerprint density at radius 2 is 2.06 bits per heavy atom. The topological polar surface area (TPSA) is 99.6 Å². The lowest BCUT2D eigenvalue weighted by Gasteiger charge is -2.13. The van der Waals surface area contributed by atoms with Crippen molar-refractivity contribution in [2.75, 3.05) is 11.9 Å². The number of aliphatic carboxylic acids is 1. The van der Waals surface area contributed by atoms with E-state index in [1.165, 1.54) is 11.8 Å². The van der Waals surface area contributed by atoms with Gasteiger partial charge in [-0.15, -0.1) is 0 Å². The average Bonchev–Trinajstić information content (AvgIpc) is 3.26. The number of carboxylic acid groups (broad SMARTS) is 1. The average molecular weight is 468 g/mol. The van der Waals surface area contributed by atoms with Crippen LogP contribution in [0.1, 0.15) is 36.9 Å². The van der Waals surface area contributed by atoms with E-state index in [0.717, 1.165) is 28.9 Å². The molecule has 2 aromatic rings. The number of anilines is 1. The van der Waals surface area contributed by atoms with Crippen molar-refractivity contribution in [1.29, 1.82) is 0 Å². The lowest BCUT2D eigenvalue weighted by atomic mass is 10.1. The molecule has 1 saturated heterocycles. The Labute approximate surface area is 194 Å². The van der Waals surface area contributed by atoms with Gasteiger partial charge in [-0.1, -0.05) is 48.6 Å². The first-order valence-corrected chi connectivity index (χ1v) is 11.5. The third-order valence-electron chi connectivity index (χ3n) is 5.23. The first kappa shape index (κ1) is 22.2. The van der Waals surface area contributed by atoms with Crippen molar-refractivity contribution in [3.63, 3.8) is 0 Å². The number of thiocarbonyl (C=S) groups is 1. The molecule has 0 radical (unpaired) electrons. The predicted octanol–water partition coefficient (Wildman–Crippen LogP) is 4.09. The lowest BCUT2D eigenvalue weighted by molar-refractivity contribution is -0.137. The van der Waals surface area contributed by atoms with Gasteiger partial charge in [0.1, 0.15) is 4.32 Å². The molecule has 2 amide bonds. The van der Waals surface area contributed by atoms with Crippen LogP contribution in [0.3, 0.4) is 0 Å². The summed E-state index contributed by atoms with van der Waals surface area (Å²) in [5, 5.41) is 11.6. The summed E-state index contributed by atoms with van der Waals surface area (Å²) in [6, 6.07) is 11.4. The highest BCUT2D eigenvalue weighted by molar-refractivity contribution is 8.26. The first-order valence-electron chi connectivity index (χ1n) is 10.3. The van der Waals surface area contributed by atoms with Crippen LogP contribution in [0, 0.1) is 0 Å². The van der Waals surface area contributed by atoms with Gasteiger partial charge in [0, 0.05) is 24.2 Å². The molecule has 4 rings (SSSR count). The fraction of sp³-hybridized carbons (Fsp3) is 0.261. The van der Waals surface area contributed by atoms with E-state index < -0.39 is 5.97 Å². The van der Waals surface area contributed by atoms with Gasteiger partial charge in [-0.3, -0.25) is 19.3 Å². The maximum absolute atomic E-state index is 12.8. The number of hydrogen-bond acceptors (Lipinski definition) is 6. The van der Waals surface area contributed by atoms with Crippen molar-refractivity contribution >= 4 is 57.8 Å². The Morgan fingerprint density at radius 3 is 2.88 bits per heavy atom. The summed E-state index contributed by atoms with van der Waals surface area (Å²) in [5.41, 5.74) is 4.06. The molecule has 3 heterocycles. The van der Waals surface area contributed by atoms with E-state index in [1.807, 2.05) is 36.4 Å². The van der Waals surface area contributed by atoms with E-state index in [1.54, 1.807) is 11.0 Å². The number of unbranched alkanes of at least 4 members (excludes halogenated alkanes) is 2. The standard InChI is InChI=1S/C23H21N3O4S2/c27-20-12-15-9-8-14(11-18(15)25-20)17-6-4-5-16(24-17)13-19-22(30)26(23(31)32-19)10-3-1-2-7-21(28)29/h4-6,8-9,11,13H,1-3,7,10,12H2,(H,25,27)(H,28,29). The normalized spacial score (nSPS) is 16.6. The van der Waals surface area contributed by atoms with Gasteiger partial charge in [0.2, 0.25) is 5.91 Å². The summed E-state index contributed by atoms with van der Waals surface area (Å²) in [6.45, 7) is 0.482. The summed E-state index contributed by atoms with van der Waals surface area (Å²) >= 11 is 6.62. The van der Waals surface area contributed by atoms with Gasteiger partial charge in [-0.2, -0.15) is 0 Å². The minimum absolute atomic E-state index is 0.0113. The van der Waals surface area contributed by atoms with Crippen LogP contribution in [0.4, 0.5) is 5.69 Å². The van der Waals surface area contributed by atoms with Crippen LogP contribution < -0.4 is 5.32 Å². The van der Waals surface area contributed by atoms with Gasteiger partial charge in [0.25, 0.3) is 5.91 Å². The molecular formula is C23H21N3O4S2. The fourth-order valence-electron chi connectivity index (χ4n) is 3.62. The summed E-state index contributed by atoms with van der Waals surface area (Å²) in [4.78, 5) is 41.7. The zero-order chi connectivity index (χ0) is 22.7. The highest BCUT2D eigenvalue weighted by Crippen LogP contribution is 2.33. The van der Waals surface area contributed by atoms with Crippen molar-refractivity contribution in [2.24, 2.45) is 0 Å². The Balaban J connectivity index is 1.45. The molecule has 2 aliphatic heterocycles. The number of rotatable bonds is 8. The minimum Gasteiger partial charge on any atom is -0.481 e. The lowest BCUT2D eigenvalue weighted by Crippen LogP contribution is -2.29. The number of pyridine rings is 1. The molecule has 0 atom stereocenters. The van der Waals surface area contributed by atoms with Gasteiger partial charge in [0.05, 0.1) is 22.7 Å². The molecule has 2 aliphatic rings. The van der Waals surface area contributed by atoms with Gasteiger partial charge in [-0.25, -0.2) is 4.98 Å². The molecule has 1 aromatic carbocycles. The van der Waals surface area contributed by atoms with Crippen LogP contribution in [-0.4, -0.2) is 43.6 Å². The summed E-state index contributed by atoms with van der Waals surface area (Å²) in [5.74, 6) is -0.966. The highest BCUT2D eigenvalue weighted by atomic mass is 32.2. The van der Waals surface area contributed by atoms with Crippen molar-refractivity contribution in [2.45, 2.75) is 32.1 Å². The molecule has 1 aromatic heterocycles. The van der Waals surface area contributed by atoms with Gasteiger partial charge < -0.3 is 10.4 Å². The maximum Gasteiger partial charge on any atom is 0.303 e. The van der Waals surface area contributed by atoms with Crippen molar-refractivity contribution < 1.29 is 19.5 Å². The van der Waals surface area contributed by atoms with Crippen molar-refractivity contribution in [1.82, 2.24) is 9.88 Å². The number of carbonyl (C=O) groups is 3. The molecule has 0 aliphatic carbocycles. The molecule has 0 bridgehead atoms. The van der Waals surface area contributed by atoms with E-state index in [4.69, 9.17) is 17.3 Å². The molecule has 9 heteroatoms. The van der Waals surface area contributed by atoms with Gasteiger partial charge >= 0.3 is 5.97 Å².